The highest BCUT2D eigenvalue weighted by Gasteiger charge is 2.03. The molecule has 1 N–H and O–H groups in total. The maximum Gasteiger partial charge on any atom is 0.124 e. The summed E-state index contributed by atoms with van der Waals surface area (Å²) in [4.78, 5) is 4.29. The van der Waals surface area contributed by atoms with Crippen LogP contribution in [0.5, 0.6) is 5.75 Å². The zero-order valence-corrected chi connectivity index (χ0v) is 12.4. The van der Waals surface area contributed by atoms with Gasteiger partial charge in [-0.2, -0.15) is 0 Å². The van der Waals surface area contributed by atoms with Crippen LogP contribution in [-0.4, -0.2) is 11.6 Å². The first kappa shape index (κ1) is 13.6. The first-order chi connectivity index (χ1) is 10.4. The van der Waals surface area contributed by atoms with E-state index in [2.05, 4.69) is 35.1 Å². The molecule has 0 radical (unpaired) electrons. The van der Waals surface area contributed by atoms with Gasteiger partial charge in [0.1, 0.15) is 12.4 Å². The van der Waals surface area contributed by atoms with Crippen molar-refractivity contribution in [3.8, 4) is 5.75 Å². The van der Waals surface area contributed by atoms with Crippen LogP contribution < -0.4 is 10.1 Å². The molecular weight excluding hydrogens is 280 g/mol. The Hall–Kier alpha value is -2.33. The van der Waals surface area contributed by atoms with Crippen LogP contribution in [0.25, 0.3) is 10.2 Å². The van der Waals surface area contributed by atoms with E-state index in [0.29, 0.717) is 6.61 Å². The lowest BCUT2D eigenvalue weighted by Gasteiger charge is -2.11. The van der Waals surface area contributed by atoms with Gasteiger partial charge < -0.3 is 10.1 Å². The van der Waals surface area contributed by atoms with Gasteiger partial charge in [0.25, 0.3) is 0 Å². The van der Waals surface area contributed by atoms with Gasteiger partial charge in [0, 0.05) is 17.8 Å². The van der Waals surface area contributed by atoms with Crippen LogP contribution in [0, 0.1) is 0 Å². The topological polar surface area (TPSA) is 34.1 Å². The summed E-state index contributed by atoms with van der Waals surface area (Å²) in [5.74, 6) is 0.892. The molecule has 0 bridgehead atoms. The van der Waals surface area contributed by atoms with Gasteiger partial charge in [0.15, 0.2) is 0 Å². The average molecular weight is 296 g/mol. The quantitative estimate of drug-likeness (QED) is 0.681. The van der Waals surface area contributed by atoms with Gasteiger partial charge in [-0.1, -0.05) is 30.9 Å². The molecule has 21 heavy (non-hydrogen) atoms. The highest BCUT2D eigenvalue weighted by atomic mass is 32.1. The SMILES string of the molecule is C=CCOc1ccccc1CNc1ccc2ncsc2c1. The molecule has 2 aromatic carbocycles. The molecule has 0 saturated heterocycles. The van der Waals surface area contributed by atoms with E-state index >= 15 is 0 Å². The third-order valence-corrected chi connectivity index (χ3v) is 3.94. The Morgan fingerprint density at radius 1 is 1.24 bits per heavy atom. The van der Waals surface area contributed by atoms with Crippen molar-refractivity contribution in [3.63, 3.8) is 0 Å². The van der Waals surface area contributed by atoms with Gasteiger partial charge in [-0.3, -0.25) is 0 Å². The molecule has 3 aromatic rings. The van der Waals surface area contributed by atoms with Crippen molar-refractivity contribution in [2.45, 2.75) is 6.54 Å². The molecular formula is C17H16N2OS. The first-order valence-electron chi connectivity index (χ1n) is 6.75. The fraction of sp³-hybridized carbons (Fsp3) is 0.118. The van der Waals surface area contributed by atoms with E-state index in [-0.39, 0.29) is 0 Å². The standard InChI is InChI=1S/C17H16N2OS/c1-2-9-20-16-6-4-3-5-13(16)11-18-14-7-8-15-17(10-14)21-12-19-15/h2-8,10,12,18H,1,9,11H2. The smallest absolute Gasteiger partial charge is 0.124 e. The number of hydrogen-bond acceptors (Lipinski definition) is 4. The third-order valence-electron chi connectivity index (χ3n) is 3.14. The highest BCUT2D eigenvalue weighted by Crippen LogP contribution is 2.24. The number of thiazole rings is 1. The maximum atomic E-state index is 5.67. The molecule has 0 fully saturated rings. The molecule has 1 heterocycles. The van der Waals surface area contributed by atoms with Gasteiger partial charge in [-0.15, -0.1) is 11.3 Å². The number of rotatable bonds is 6. The maximum absolute atomic E-state index is 5.67. The van der Waals surface area contributed by atoms with Crippen molar-refractivity contribution in [2.24, 2.45) is 0 Å². The Kier molecular flexibility index (Phi) is 4.17. The van der Waals surface area contributed by atoms with E-state index in [0.717, 1.165) is 29.1 Å². The molecule has 0 spiro atoms. The molecule has 3 rings (SSSR count). The van der Waals surface area contributed by atoms with Crippen LogP contribution in [0.1, 0.15) is 5.56 Å². The lowest BCUT2D eigenvalue weighted by molar-refractivity contribution is 0.359. The Bertz CT molecular complexity index is 751. The van der Waals surface area contributed by atoms with E-state index in [4.69, 9.17) is 4.74 Å². The van der Waals surface area contributed by atoms with E-state index in [1.165, 1.54) is 4.70 Å². The lowest BCUT2D eigenvalue weighted by Crippen LogP contribution is -2.03. The minimum absolute atomic E-state index is 0.518. The summed E-state index contributed by atoms with van der Waals surface area (Å²) in [6.07, 6.45) is 1.75. The van der Waals surface area contributed by atoms with Crippen molar-refractivity contribution in [1.29, 1.82) is 0 Å². The number of benzene rings is 2. The molecule has 1 aromatic heterocycles. The first-order valence-corrected chi connectivity index (χ1v) is 7.63. The monoisotopic (exact) mass is 296 g/mol. The Morgan fingerprint density at radius 3 is 3.05 bits per heavy atom. The number of nitrogens with one attached hydrogen (secondary N) is 1. The number of anilines is 1. The van der Waals surface area contributed by atoms with Crippen LogP contribution in [0.3, 0.4) is 0 Å². The van der Waals surface area contributed by atoms with E-state index < -0.39 is 0 Å². The number of para-hydroxylation sites is 1. The molecule has 0 aliphatic heterocycles. The number of aromatic nitrogens is 1. The molecule has 0 unspecified atom stereocenters. The second kappa shape index (κ2) is 6.41. The Labute approximate surface area is 127 Å². The lowest BCUT2D eigenvalue weighted by atomic mass is 10.2. The van der Waals surface area contributed by atoms with Crippen molar-refractivity contribution in [1.82, 2.24) is 4.98 Å². The second-order valence-electron chi connectivity index (χ2n) is 4.60. The predicted molar refractivity (Wildman–Crippen MR) is 89.1 cm³/mol. The van der Waals surface area contributed by atoms with Gasteiger partial charge >= 0.3 is 0 Å². The van der Waals surface area contributed by atoms with E-state index in [1.807, 2.05) is 29.8 Å². The molecule has 0 aliphatic carbocycles. The molecule has 3 nitrogen and oxygen atoms in total. The van der Waals surface area contributed by atoms with Crippen LogP contribution in [0.15, 0.2) is 60.6 Å². The van der Waals surface area contributed by atoms with Gasteiger partial charge in [-0.05, 0) is 24.3 Å². The Morgan fingerprint density at radius 2 is 2.14 bits per heavy atom. The van der Waals surface area contributed by atoms with Gasteiger partial charge in [-0.25, -0.2) is 4.98 Å². The largest absolute Gasteiger partial charge is 0.489 e. The summed E-state index contributed by atoms with van der Waals surface area (Å²) in [6.45, 7) is 4.92. The van der Waals surface area contributed by atoms with Gasteiger partial charge in [0.05, 0.1) is 15.7 Å². The zero-order chi connectivity index (χ0) is 14.5. The highest BCUT2D eigenvalue weighted by molar-refractivity contribution is 7.16. The number of nitrogens with zero attached hydrogens (tertiary/aromatic N) is 1. The number of fused-ring (bicyclic) bond motifs is 1. The minimum atomic E-state index is 0.518. The third kappa shape index (κ3) is 3.23. The molecule has 106 valence electrons. The van der Waals surface area contributed by atoms with Crippen LogP contribution in [-0.2, 0) is 6.54 Å². The zero-order valence-electron chi connectivity index (χ0n) is 11.6. The Balaban J connectivity index is 1.73. The van der Waals surface area contributed by atoms with Crippen molar-refractivity contribution in [3.05, 3.63) is 66.2 Å². The fourth-order valence-electron chi connectivity index (χ4n) is 2.10. The molecule has 4 heteroatoms. The number of hydrogen-bond donors (Lipinski definition) is 1. The summed E-state index contributed by atoms with van der Waals surface area (Å²) in [7, 11) is 0. The summed E-state index contributed by atoms with van der Waals surface area (Å²) in [5.41, 5.74) is 5.13. The van der Waals surface area contributed by atoms with Gasteiger partial charge in [0.2, 0.25) is 0 Å². The molecule has 0 aliphatic rings. The summed E-state index contributed by atoms with van der Waals surface area (Å²) in [5, 5.41) is 3.43. The van der Waals surface area contributed by atoms with Crippen LogP contribution >= 0.6 is 11.3 Å². The average Bonchev–Trinajstić information content (AvgIpc) is 2.99. The predicted octanol–water partition coefficient (Wildman–Crippen LogP) is 4.47. The summed E-state index contributed by atoms with van der Waals surface area (Å²) < 4.78 is 6.86. The molecule has 0 amide bonds. The van der Waals surface area contributed by atoms with Crippen molar-refractivity contribution < 1.29 is 4.74 Å². The van der Waals surface area contributed by atoms with E-state index in [9.17, 15) is 0 Å². The second-order valence-corrected chi connectivity index (χ2v) is 5.48. The van der Waals surface area contributed by atoms with E-state index in [1.54, 1.807) is 17.4 Å². The normalized spacial score (nSPS) is 10.5. The van der Waals surface area contributed by atoms with Crippen LogP contribution in [0.2, 0.25) is 0 Å². The molecule has 0 atom stereocenters. The number of ether oxygens (including phenoxy) is 1. The minimum Gasteiger partial charge on any atom is -0.489 e. The van der Waals surface area contributed by atoms with Crippen molar-refractivity contribution >= 4 is 27.2 Å². The summed E-state index contributed by atoms with van der Waals surface area (Å²) in [6, 6.07) is 14.3. The van der Waals surface area contributed by atoms with Crippen molar-refractivity contribution in [2.75, 3.05) is 11.9 Å². The molecule has 0 saturated carbocycles. The fourth-order valence-corrected chi connectivity index (χ4v) is 2.82. The van der Waals surface area contributed by atoms with Crippen LogP contribution in [0.4, 0.5) is 5.69 Å². The summed E-state index contributed by atoms with van der Waals surface area (Å²) >= 11 is 1.65.